The van der Waals surface area contributed by atoms with Gasteiger partial charge in [-0.2, -0.15) is 0 Å². The van der Waals surface area contributed by atoms with Gasteiger partial charge in [0.2, 0.25) is 0 Å². The normalized spacial score (nSPS) is 11.9. The predicted octanol–water partition coefficient (Wildman–Crippen LogP) is 1.37. The number of ether oxygens (including phenoxy) is 3. The van der Waals surface area contributed by atoms with E-state index < -0.39 is 6.10 Å². The maximum absolute atomic E-state index is 11.8. The number of amides is 1. The molecular weight excluding hydrogens is 298 g/mol. The van der Waals surface area contributed by atoms with Crippen molar-refractivity contribution in [2.45, 2.75) is 19.6 Å². The molecule has 0 bridgehead atoms. The van der Waals surface area contributed by atoms with Crippen molar-refractivity contribution in [1.82, 2.24) is 5.32 Å². The summed E-state index contributed by atoms with van der Waals surface area (Å²) in [4.78, 5) is 11.8. The first-order valence-electron chi connectivity index (χ1n) is 6.44. The zero-order valence-electron chi connectivity index (χ0n) is 12.3. The molecule has 0 fully saturated rings. The molecule has 0 saturated carbocycles. The maximum Gasteiger partial charge on any atom is 0.260 e. The summed E-state index contributed by atoms with van der Waals surface area (Å²) in [6, 6.07) is 3.17. The van der Waals surface area contributed by atoms with E-state index >= 15 is 0 Å². The van der Waals surface area contributed by atoms with Crippen LogP contribution in [-0.4, -0.2) is 44.5 Å². The molecular formula is C14H20ClNO5. The minimum absolute atomic E-state index is 0.163. The van der Waals surface area contributed by atoms with Crippen molar-refractivity contribution in [3.8, 4) is 11.5 Å². The number of aliphatic hydroxyl groups is 1. The number of benzene rings is 1. The first-order valence-corrected chi connectivity index (χ1v) is 6.81. The Labute approximate surface area is 129 Å². The molecule has 1 atom stereocenters. The second kappa shape index (κ2) is 8.71. The summed E-state index contributed by atoms with van der Waals surface area (Å²) in [5, 5.41) is 12.1. The molecule has 1 unspecified atom stereocenters. The van der Waals surface area contributed by atoms with Crippen LogP contribution in [0.1, 0.15) is 12.5 Å². The van der Waals surface area contributed by atoms with E-state index in [2.05, 4.69) is 5.32 Å². The monoisotopic (exact) mass is 317 g/mol. The molecule has 0 saturated heterocycles. The van der Waals surface area contributed by atoms with Gasteiger partial charge in [0.15, 0.2) is 17.6 Å². The van der Waals surface area contributed by atoms with Gasteiger partial charge >= 0.3 is 0 Å². The van der Waals surface area contributed by atoms with Gasteiger partial charge in [0.1, 0.15) is 0 Å². The summed E-state index contributed by atoms with van der Waals surface area (Å²) in [5.74, 6) is 0.352. The fourth-order valence-corrected chi connectivity index (χ4v) is 1.91. The number of halogens is 1. The van der Waals surface area contributed by atoms with E-state index in [4.69, 9.17) is 30.9 Å². The Morgan fingerprint density at radius 1 is 1.43 bits per heavy atom. The topological polar surface area (TPSA) is 77.0 Å². The Morgan fingerprint density at radius 2 is 2.14 bits per heavy atom. The Bertz CT molecular complexity index is 481. The third-order valence-corrected chi connectivity index (χ3v) is 3.02. The highest BCUT2D eigenvalue weighted by Gasteiger charge is 2.19. The van der Waals surface area contributed by atoms with E-state index in [0.717, 1.165) is 0 Å². The van der Waals surface area contributed by atoms with Gasteiger partial charge in [0, 0.05) is 13.7 Å². The minimum Gasteiger partial charge on any atom is -0.493 e. The molecule has 0 heterocycles. The van der Waals surface area contributed by atoms with E-state index in [-0.39, 0.29) is 23.3 Å². The molecule has 1 rings (SSSR count). The number of rotatable bonds is 8. The molecule has 1 amide bonds. The number of hydrogen-bond donors (Lipinski definition) is 2. The highest BCUT2D eigenvalue weighted by atomic mass is 35.5. The molecule has 1 aromatic carbocycles. The number of carbonyl (C=O) groups is 1. The van der Waals surface area contributed by atoms with Crippen molar-refractivity contribution in [1.29, 1.82) is 0 Å². The van der Waals surface area contributed by atoms with Crippen LogP contribution in [0.3, 0.4) is 0 Å². The van der Waals surface area contributed by atoms with Gasteiger partial charge in [0.05, 0.1) is 25.3 Å². The van der Waals surface area contributed by atoms with Crippen LogP contribution in [0.25, 0.3) is 0 Å². The maximum atomic E-state index is 11.8. The van der Waals surface area contributed by atoms with Crippen LogP contribution in [0.15, 0.2) is 12.1 Å². The quantitative estimate of drug-likeness (QED) is 0.708. The van der Waals surface area contributed by atoms with Crippen molar-refractivity contribution in [3.63, 3.8) is 0 Å². The average Bonchev–Trinajstić information content (AvgIpc) is 2.48. The van der Waals surface area contributed by atoms with Crippen LogP contribution >= 0.6 is 11.6 Å². The van der Waals surface area contributed by atoms with Gasteiger partial charge in [-0.25, -0.2) is 0 Å². The molecule has 0 aromatic heterocycles. The van der Waals surface area contributed by atoms with E-state index in [1.54, 1.807) is 26.2 Å². The fourth-order valence-electron chi connectivity index (χ4n) is 1.63. The van der Waals surface area contributed by atoms with Crippen molar-refractivity contribution < 1.29 is 24.1 Å². The standard InChI is InChI=1S/C14H20ClNO5/c1-9(14(18)16-4-5-19-2)21-13-11(15)6-10(8-17)7-12(13)20-3/h6-7,9,17H,4-5,8H2,1-3H3,(H,16,18). The van der Waals surface area contributed by atoms with Gasteiger partial charge in [-0.3, -0.25) is 4.79 Å². The van der Waals surface area contributed by atoms with Crippen LogP contribution in [0.2, 0.25) is 5.02 Å². The average molecular weight is 318 g/mol. The van der Waals surface area contributed by atoms with E-state index in [9.17, 15) is 4.79 Å². The van der Waals surface area contributed by atoms with Gasteiger partial charge < -0.3 is 24.6 Å². The van der Waals surface area contributed by atoms with Gasteiger partial charge in [-0.05, 0) is 24.6 Å². The number of methoxy groups -OCH3 is 2. The SMILES string of the molecule is COCCNC(=O)C(C)Oc1c(Cl)cc(CO)cc1OC. The predicted molar refractivity (Wildman–Crippen MR) is 78.9 cm³/mol. The van der Waals surface area contributed by atoms with Gasteiger partial charge in [-0.15, -0.1) is 0 Å². The van der Waals surface area contributed by atoms with Crippen LogP contribution in [0, 0.1) is 0 Å². The molecule has 0 radical (unpaired) electrons. The molecule has 1 aromatic rings. The van der Waals surface area contributed by atoms with Crippen LogP contribution in [0.4, 0.5) is 0 Å². The Hall–Kier alpha value is -1.50. The summed E-state index contributed by atoms with van der Waals surface area (Å²) < 4.78 is 15.6. The third kappa shape index (κ3) is 5.08. The Balaban J connectivity index is 2.79. The lowest BCUT2D eigenvalue weighted by Crippen LogP contribution is -2.38. The Morgan fingerprint density at radius 3 is 2.71 bits per heavy atom. The number of aliphatic hydroxyl groups excluding tert-OH is 1. The van der Waals surface area contributed by atoms with E-state index in [1.165, 1.54) is 7.11 Å². The molecule has 6 nitrogen and oxygen atoms in total. The van der Waals surface area contributed by atoms with Gasteiger partial charge in [0.25, 0.3) is 5.91 Å². The molecule has 7 heteroatoms. The lowest BCUT2D eigenvalue weighted by atomic mass is 10.2. The summed E-state index contributed by atoms with van der Waals surface area (Å²) in [6.45, 7) is 2.27. The van der Waals surface area contributed by atoms with Gasteiger partial charge in [-0.1, -0.05) is 11.6 Å². The summed E-state index contributed by atoms with van der Waals surface area (Å²) in [6.07, 6.45) is -0.742. The first-order chi connectivity index (χ1) is 10.0. The van der Waals surface area contributed by atoms with Crippen molar-refractivity contribution in [3.05, 3.63) is 22.7 Å². The molecule has 0 aliphatic rings. The highest BCUT2D eigenvalue weighted by Crippen LogP contribution is 2.37. The van der Waals surface area contributed by atoms with Crippen molar-refractivity contribution in [2.75, 3.05) is 27.4 Å². The lowest BCUT2D eigenvalue weighted by molar-refractivity contribution is -0.127. The second-order valence-electron chi connectivity index (χ2n) is 4.31. The summed E-state index contributed by atoms with van der Waals surface area (Å²) in [5.41, 5.74) is 0.599. The molecule has 0 spiro atoms. The Kier molecular flexibility index (Phi) is 7.28. The highest BCUT2D eigenvalue weighted by molar-refractivity contribution is 6.32. The van der Waals surface area contributed by atoms with E-state index in [0.29, 0.717) is 24.5 Å². The number of nitrogens with one attached hydrogen (secondary N) is 1. The summed E-state index contributed by atoms with van der Waals surface area (Å²) >= 11 is 6.10. The first kappa shape index (κ1) is 17.6. The lowest BCUT2D eigenvalue weighted by Gasteiger charge is -2.18. The molecule has 118 valence electrons. The summed E-state index contributed by atoms with van der Waals surface area (Å²) in [7, 11) is 3.02. The molecule has 0 aliphatic carbocycles. The van der Waals surface area contributed by atoms with Crippen LogP contribution in [-0.2, 0) is 16.1 Å². The van der Waals surface area contributed by atoms with Crippen LogP contribution in [0.5, 0.6) is 11.5 Å². The largest absolute Gasteiger partial charge is 0.493 e. The zero-order valence-corrected chi connectivity index (χ0v) is 13.1. The number of carbonyl (C=O) groups excluding carboxylic acids is 1. The fraction of sp³-hybridized carbons (Fsp3) is 0.500. The zero-order chi connectivity index (χ0) is 15.8. The second-order valence-corrected chi connectivity index (χ2v) is 4.72. The number of hydrogen-bond acceptors (Lipinski definition) is 5. The van der Waals surface area contributed by atoms with E-state index in [1.807, 2.05) is 0 Å². The molecule has 0 aliphatic heterocycles. The van der Waals surface area contributed by atoms with Crippen molar-refractivity contribution in [2.24, 2.45) is 0 Å². The third-order valence-electron chi connectivity index (χ3n) is 2.74. The smallest absolute Gasteiger partial charge is 0.260 e. The molecule has 2 N–H and O–H groups in total. The van der Waals surface area contributed by atoms with Crippen LogP contribution < -0.4 is 14.8 Å². The van der Waals surface area contributed by atoms with Crippen molar-refractivity contribution >= 4 is 17.5 Å². The molecule has 21 heavy (non-hydrogen) atoms. The minimum atomic E-state index is -0.742.